The Hall–Kier alpha value is -1.53. The third kappa shape index (κ3) is 1.97. The number of ether oxygens (including phenoxy) is 2. The fraction of sp³-hybridized carbons (Fsp3) is 0.500. The van der Waals surface area contributed by atoms with Gasteiger partial charge in [0.2, 0.25) is 0 Å². The normalized spacial score (nSPS) is 20.7. The van der Waals surface area contributed by atoms with Crippen LogP contribution in [0.5, 0.6) is 0 Å². The first-order valence-corrected chi connectivity index (χ1v) is 7.38. The van der Waals surface area contributed by atoms with Crippen LogP contribution in [-0.2, 0) is 28.5 Å². The Morgan fingerprint density at radius 3 is 2.59 bits per heavy atom. The standard InChI is InChI=1S/C16H16F3NO2/c1-9-14(16(17,18)19)13-11-4-5-15(21-6-7-22-15)8-10(11)2-3-12(13)20-9/h2-3,20H,4-8H2,1H3. The Kier molecular flexibility index (Phi) is 2.87. The van der Waals surface area contributed by atoms with Gasteiger partial charge in [-0.2, -0.15) is 13.2 Å². The summed E-state index contributed by atoms with van der Waals surface area (Å²) < 4.78 is 51.6. The van der Waals surface area contributed by atoms with E-state index in [4.69, 9.17) is 9.47 Å². The third-order valence-corrected chi connectivity index (χ3v) is 4.67. The molecule has 2 aromatic rings. The van der Waals surface area contributed by atoms with E-state index in [1.807, 2.05) is 6.07 Å². The van der Waals surface area contributed by atoms with Crippen LogP contribution in [0.4, 0.5) is 13.2 Å². The molecule has 1 fully saturated rings. The van der Waals surface area contributed by atoms with Crippen LogP contribution in [0.25, 0.3) is 10.9 Å². The highest BCUT2D eigenvalue weighted by Gasteiger charge is 2.42. The lowest BCUT2D eigenvalue weighted by Crippen LogP contribution is -2.37. The van der Waals surface area contributed by atoms with Gasteiger partial charge in [-0.15, -0.1) is 0 Å². The monoisotopic (exact) mass is 311 g/mol. The number of H-pyrrole nitrogens is 1. The first kappa shape index (κ1) is 14.1. The highest BCUT2D eigenvalue weighted by atomic mass is 19.4. The van der Waals surface area contributed by atoms with E-state index in [1.54, 1.807) is 6.07 Å². The molecule has 2 aliphatic rings. The van der Waals surface area contributed by atoms with Gasteiger partial charge >= 0.3 is 6.18 Å². The van der Waals surface area contributed by atoms with Crippen LogP contribution in [0.1, 0.15) is 28.8 Å². The predicted octanol–water partition coefficient (Wildman–Crippen LogP) is 3.73. The van der Waals surface area contributed by atoms with Gasteiger partial charge in [0.25, 0.3) is 0 Å². The van der Waals surface area contributed by atoms with Crippen molar-refractivity contribution in [3.05, 3.63) is 34.5 Å². The zero-order valence-corrected chi connectivity index (χ0v) is 12.1. The quantitative estimate of drug-likeness (QED) is 0.804. The number of alkyl halides is 3. The van der Waals surface area contributed by atoms with Crippen LogP contribution in [-0.4, -0.2) is 24.0 Å². The lowest BCUT2D eigenvalue weighted by molar-refractivity contribution is -0.163. The topological polar surface area (TPSA) is 34.2 Å². The molecule has 0 atom stereocenters. The Labute approximate surface area is 125 Å². The average molecular weight is 311 g/mol. The Morgan fingerprint density at radius 2 is 1.91 bits per heavy atom. The molecule has 22 heavy (non-hydrogen) atoms. The van der Waals surface area contributed by atoms with E-state index in [0.717, 1.165) is 11.1 Å². The molecule has 0 bridgehead atoms. The van der Waals surface area contributed by atoms with Gasteiger partial charge in [0, 0.05) is 29.4 Å². The maximum absolute atomic E-state index is 13.4. The fourth-order valence-electron chi connectivity index (χ4n) is 3.78. The van der Waals surface area contributed by atoms with Crippen LogP contribution in [0.2, 0.25) is 0 Å². The largest absolute Gasteiger partial charge is 0.418 e. The smallest absolute Gasteiger partial charge is 0.358 e. The molecule has 1 spiro atoms. The second-order valence-corrected chi connectivity index (χ2v) is 6.03. The van der Waals surface area contributed by atoms with Gasteiger partial charge in [0.1, 0.15) is 0 Å². The molecule has 6 heteroatoms. The third-order valence-electron chi connectivity index (χ3n) is 4.67. The van der Waals surface area contributed by atoms with Gasteiger partial charge in [-0.1, -0.05) is 6.07 Å². The van der Waals surface area contributed by atoms with E-state index in [-0.39, 0.29) is 5.69 Å². The summed E-state index contributed by atoms with van der Waals surface area (Å²) in [5.41, 5.74) is 1.85. The maximum atomic E-state index is 13.4. The van der Waals surface area contributed by atoms with Crippen molar-refractivity contribution < 1.29 is 22.6 Å². The van der Waals surface area contributed by atoms with Gasteiger partial charge in [-0.3, -0.25) is 0 Å². The summed E-state index contributed by atoms with van der Waals surface area (Å²) in [7, 11) is 0. The van der Waals surface area contributed by atoms with Crippen LogP contribution < -0.4 is 0 Å². The highest BCUT2D eigenvalue weighted by molar-refractivity contribution is 5.89. The second kappa shape index (κ2) is 4.49. The summed E-state index contributed by atoms with van der Waals surface area (Å²) in [5, 5.41) is 0.315. The fourth-order valence-corrected chi connectivity index (χ4v) is 3.78. The zero-order valence-electron chi connectivity index (χ0n) is 12.1. The Bertz CT molecular complexity index is 742. The van der Waals surface area contributed by atoms with E-state index >= 15 is 0 Å². The minimum Gasteiger partial charge on any atom is -0.358 e. The number of aromatic amines is 1. The van der Waals surface area contributed by atoms with Crippen molar-refractivity contribution in [2.24, 2.45) is 0 Å². The Morgan fingerprint density at radius 1 is 1.18 bits per heavy atom. The van der Waals surface area contributed by atoms with Crippen molar-refractivity contribution in [1.29, 1.82) is 0 Å². The number of nitrogens with one attached hydrogen (secondary N) is 1. The molecule has 2 heterocycles. The first-order valence-electron chi connectivity index (χ1n) is 7.38. The van der Waals surface area contributed by atoms with Crippen LogP contribution in [0, 0.1) is 6.92 Å². The molecular weight excluding hydrogens is 295 g/mol. The molecule has 1 saturated heterocycles. The van der Waals surface area contributed by atoms with E-state index in [9.17, 15) is 13.2 Å². The number of aromatic nitrogens is 1. The molecule has 1 aliphatic heterocycles. The summed E-state index contributed by atoms with van der Waals surface area (Å²) in [4.78, 5) is 2.86. The van der Waals surface area contributed by atoms with Crippen LogP contribution in [0.3, 0.4) is 0 Å². The molecule has 3 nitrogen and oxygen atoms in total. The van der Waals surface area contributed by atoms with Gasteiger partial charge < -0.3 is 14.5 Å². The van der Waals surface area contributed by atoms with E-state index < -0.39 is 17.5 Å². The van der Waals surface area contributed by atoms with Crippen LogP contribution in [0.15, 0.2) is 12.1 Å². The minimum atomic E-state index is -4.35. The number of fused-ring (bicyclic) bond motifs is 3. The number of halogens is 3. The van der Waals surface area contributed by atoms with Gasteiger partial charge in [-0.05, 0) is 30.5 Å². The number of rotatable bonds is 0. The van der Waals surface area contributed by atoms with Crippen molar-refractivity contribution in [3.63, 3.8) is 0 Å². The van der Waals surface area contributed by atoms with Gasteiger partial charge in [-0.25, -0.2) is 0 Å². The van der Waals surface area contributed by atoms with E-state index in [0.29, 0.717) is 43.4 Å². The molecule has 0 radical (unpaired) electrons. The molecule has 1 aliphatic carbocycles. The highest BCUT2D eigenvalue weighted by Crippen LogP contribution is 2.43. The van der Waals surface area contributed by atoms with Crippen molar-refractivity contribution >= 4 is 10.9 Å². The molecule has 118 valence electrons. The SMILES string of the molecule is Cc1[nH]c2ccc3c(c2c1C(F)(F)F)CCC1(C3)OCCO1. The Balaban J connectivity index is 1.90. The summed E-state index contributed by atoms with van der Waals surface area (Å²) in [5.74, 6) is -0.634. The molecule has 1 N–H and O–H groups in total. The van der Waals surface area contributed by atoms with Crippen molar-refractivity contribution in [3.8, 4) is 0 Å². The molecule has 4 rings (SSSR count). The summed E-state index contributed by atoms with van der Waals surface area (Å²) in [6.07, 6.45) is -2.71. The van der Waals surface area contributed by atoms with Crippen LogP contribution >= 0.6 is 0 Å². The maximum Gasteiger partial charge on any atom is 0.418 e. The van der Waals surface area contributed by atoms with Crippen molar-refractivity contribution in [1.82, 2.24) is 4.98 Å². The predicted molar refractivity (Wildman–Crippen MR) is 74.7 cm³/mol. The number of aryl methyl sites for hydroxylation is 2. The van der Waals surface area contributed by atoms with E-state index in [2.05, 4.69) is 4.98 Å². The second-order valence-electron chi connectivity index (χ2n) is 6.03. The molecule has 1 aromatic carbocycles. The average Bonchev–Trinajstić information content (AvgIpc) is 3.01. The minimum absolute atomic E-state index is 0.171. The summed E-state index contributed by atoms with van der Waals surface area (Å²) >= 11 is 0. The molecule has 0 saturated carbocycles. The summed E-state index contributed by atoms with van der Waals surface area (Å²) in [6, 6.07) is 3.62. The van der Waals surface area contributed by atoms with Gasteiger partial charge in [0.15, 0.2) is 5.79 Å². The van der Waals surface area contributed by atoms with E-state index in [1.165, 1.54) is 6.92 Å². The molecule has 0 unspecified atom stereocenters. The number of hydrogen-bond acceptors (Lipinski definition) is 2. The lowest BCUT2D eigenvalue weighted by atomic mass is 9.84. The molecular formula is C16H16F3NO2. The lowest BCUT2D eigenvalue weighted by Gasteiger charge is -2.33. The number of hydrogen-bond donors (Lipinski definition) is 1. The molecule has 0 amide bonds. The van der Waals surface area contributed by atoms with Crippen molar-refractivity contribution in [2.45, 2.75) is 38.1 Å². The number of benzene rings is 1. The molecule has 1 aromatic heterocycles. The van der Waals surface area contributed by atoms with Crippen molar-refractivity contribution in [2.75, 3.05) is 13.2 Å². The first-order chi connectivity index (χ1) is 10.4. The summed E-state index contributed by atoms with van der Waals surface area (Å²) in [6.45, 7) is 2.58. The van der Waals surface area contributed by atoms with Gasteiger partial charge in [0.05, 0.1) is 18.8 Å². The zero-order chi connectivity index (χ0) is 15.5.